The Bertz CT molecular complexity index is 1000. The molecule has 0 fully saturated rings. The van der Waals surface area contributed by atoms with Crippen molar-refractivity contribution in [3.8, 4) is 11.5 Å². The van der Waals surface area contributed by atoms with Gasteiger partial charge in [-0.05, 0) is 134 Å². The Labute approximate surface area is 242 Å². The second kappa shape index (κ2) is 17.7. The van der Waals surface area contributed by atoms with Crippen LogP contribution in [0.25, 0.3) is 0 Å². The van der Waals surface area contributed by atoms with Crippen molar-refractivity contribution < 1.29 is 41.9 Å². The van der Waals surface area contributed by atoms with Gasteiger partial charge in [0.1, 0.15) is 11.5 Å². The molecule has 0 aliphatic rings. The second-order valence-electron chi connectivity index (χ2n) is 8.33. The number of ketones is 1. The van der Waals surface area contributed by atoms with E-state index in [4.69, 9.17) is 17.1 Å². The molecule has 0 spiro atoms. The van der Waals surface area contributed by atoms with Gasteiger partial charge in [-0.15, -0.1) is 0 Å². The number of ether oxygens (including phenoxy) is 2. The van der Waals surface area contributed by atoms with Crippen LogP contribution < -0.4 is 9.47 Å². The number of Topliss-reactive ketones (excluding diaryl/α,β-unsaturated/α-hetero) is 1. The van der Waals surface area contributed by atoms with E-state index in [0.717, 1.165) is 47.3 Å². The predicted molar refractivity (Wildman–Crippen MR) is 151 cm³/mol. The van der Waals surface area contributed by atoms with Gasteiger partial charge >= 0.3 is 22.5 Å². The summed E-state index contributed by atoms with van der Waals surface area (Å²) in [6.07, 6.45) is 1.14. The van der Waals surface area contributed by atoms with Gasteiger partial charge in [0.05, 0.1) is 18.3 Å². The van der Waals surface area contributed by atoms with E-state index in [2.05, 4.69) is 51.2 Å². The molecule has 1 N–H and O–H groups in total. The third-order valence-electron chi connectivity index (χ3n) is 4.65. The zero-order valence-electron chi connectivity index (χ0n) is 21.6. The molecule has 2 rings (SSSR count). The Hall–Kier alpha value is -0.751. The quantitative estimate of drug-likeness (QED) is 0.170. The molecular weight excluding hydrogens is 717 g/mol. The van der Waals surface area contributed by atoms with E-state index in [1.54, 1.807) is 0 Å². The Balaban J connectivity index is 0.000000594. The zero-order chi connectivity index (χ0) is 27.3. The third kappa shape index (κ3) is 12.4. The molecule has 2 aromatic carbocycles. The van der Waals surface area contributed by atoms with E-state index in [1.807, 2.05) is 73.6 Å². The van der Waals surface area contributed by atoms with Gasteiger partial charge in [-0.1, -0.05) is 13.8 Å². The molecule has 0 amide bonds. The molecule has 0 radical (unpaired) electrons. The number of halogens is 2. The second-order valence-corrected chi connectivity index (χ2v) is 10.9. The number of aliphatic hydroxyl groups excluding tert-OH is 1. The van der Waals surface area contributed by atoms with Crippen molar-refractivity contribution in [2.75, 3.05) is 0 Å². The molecule has 1 unspecified atom stereocenters. The fourth-order valence-electron chi connectivity index (χ4n) is 2.96. The number of benzene rings is 2. The van der Waals surface area contributed by atoms with Crippen molar-refractivity contribution in [1.82, 2.24) is 0 Å². The first-order valence-corrected chi connectivity index (χ1v) is 14.5. The molecule has 0 aliphatic carbocycles. The van der Waals surface area contributed by atoms with Crippen LogP contribution in [0.2, 0.25) is 0 Å². The molecule has 0 heterocycles. The molecule has 2 aromatic rings. The molecule has 9 heteroatoms. The van der Waals surface area contributed by atoms with Gasteiger partial charge in [0.25, 0.3) is 0 Å². The summed E-state index contributed by atoms with van der Waals surface area (Å²) in [7, 11) is 0. The standard InChI is InChI=1S/C13H19IO2.C13H17IO2.Mn.2O/c2*1-5-12(15)10-7-13(16-8(2)3)9(4)6-11(10)14;;;/h6-8,12,15H,5H2,1-4H3;6-8H,5H2,1-4H3;;;. The monoisotopic (exact) mass is 753 g/mol. The van der Waals surface area contributed by atoms with Crippen LogP contribution in [0, 0.1) is 21.0 Å². The fourth-order valence-corrected chi connectivity index (χ4v) is 4.87. The number of hydrogen-bond acceptors (Lipinski definition) is 6. The summed E-state index contributed by atoms with van der Waals surface area (Å²) >= 11 is 3.02. The van der Waals surface area contributed by atoms with Crippen molar-refractivity contribution >= 4 is 51.0 Å². The van der Waals surface area contributed by atoms with Crippen LogP contribution in [-0.4, -0.2) is 23.1 Å². The van der Waals surface area contributed by atoms with E-state index < -0.39 is 20.9 Å². The average Bonchev–Trinajstić information content (AvgIpc) is 2.77. The number of aryl methyl sites for hydroxylation is 2. The molecule has 197 valence electrons. The topological polar surface area (TPSA) is 89.9 Å². The van der Waals surface area contributed by atoms with Crippen molar-refractivity contribution in [2.45, 2.75) is 86.5 Å². The molecule has 0 saturated carbocycles. The average molecular weight is 753 g/mol. The Morgan fingerprint density at radius 3 is 1.71 bits per heavy atom. The van der Waals surface area contributed by atoms with Gasteiger partial charge in [-0.2, -0.15) is 0 Å². The molecule has 1 atom stereocenters. The molecular formula is C26H36I2MnO6. The van der Waals surface area contributed by atoms with Crippen LogP contribution >= 0.6 is 45.2 Å². The summed E-state index contributed by atoms with van der Waals surface area (Å²) in [6, 6.07) is 7.89. The van der Waals surface area contributed by atoms with E-state index in [9.17, 15) is 9.90 Å². The molecule has 0 aromatic heterocycles. The van der Waals surface area contributed by atoms with Gasteiger partial charge < -0.3 is 14.6 Å². The Morgan fingerprint density at radius 2 is 1.31 bits per heavy atom. The van der Waals surface area contributed by atoms with Crippen LogP contribution in [0.4, 0.5) is 0 Å². The number of rotatable bonds is 8. The zero-order valence-corrected chi connectivity index (χ0v) is 27.1. The summed E-state index contributed by atoms with van der Waals surface area (Å²) < 4.78 is 30.3. The predicted octanol–water partition coefficient (Wildman–Crippen LogP) is 7.57. The molecule has 0 aliphatic heterocycles. The van der Waals surface area contributed by atoms with Gasteiger partial charge in [0, 0.05) is 19.1 Å². The van der Waals surface area contributed by atoms with Crippen molar-refractivity contribution in [2.24, 2.45) is 0 Å². The van der Waals surface area contributed by atoms with Gasteiger partial charge in [0.2, 0.25) is 0 Å². The maximum absolute atomic E-state index is 11.7. The number of aliphatic hydroxyl groups is 1. The van der Waals surface area contributed by atoms with E-state index in [1.165, 1.54) is 0 Å². The minimum atomic E-state index is -1.44. The van der Waals surface area contributed by atoms with Crippen LogP contribution in [0.15, 0.2) is 24.3 Å². The van der Waals surface area contributed by atoms with Crippen LogP contribution in [0.3, 0.4) is 0 Å². The fraction of sp³-hybridized carbons (Fsp3) is 0.500. The number of carbonyl (C=O) groups is 1. The van der Waals surface area contributed by atoms with Gasteiger partial charge in [-0.25, -0.2) is 0 Å². The molecule has 0 saturated heterocycles. The van der Waals surface area contributed by atoms with Crippen molar-refractivity contribution in [3.05, 3.63) is 53.7 Å². The van der Waals surface area contributed by atoms with E-state index >= 15 is 0 Å². The van der Waals surface area contributed by atoms with Crippen molar-refractivity contribution in [3.63, 3.8) is 0 Å². The van der Waals surface area contributed by atoms with Crippen LogP contribution in [0.1, 0.15) is 87.5 Å². The summed E-state index contributed by atoms with van der Waals surface area (Å²) in [4.78, 5) is 11.7. The minimum absolute atomic E-state index is 0.128. The van der Waals surface area contributed by atoms with E-state index in [-0.39, 0.29) is 18.0 Å². The molecule has 0 bridgehead atoms. The van der Waals surface area contributed by atoms with E-state index in [0.29, 0.717) is 6.42 Å². The summed E-state index contributed by atoms with van der Waals surface area (Å²) in [5.74, 6) is 1.85. The summed E-state index contributed by atoms with van der Waals surface area (Å²) in [5, 5.41) is 9.90. The normalized spacial score (nSPS) is 11.1. The van der Waals surface area contributed by atoms with Crippen LogP contribution in [-0.2, 0) is 22.5 Å². The first-order valence-electron chi connectivity index (χ1n) is 11.4. The van der Waals surface area contributed by atoms with Crippen LogP contribution in [0.5, 0.6) is 11.5 Å². The summed E-state index contributed by atoms with van der Waals surface area (Å²) in [5.41, 5.74) is 3.92. The first-order chi connectivity index (χ1) is 16.3. The maximum atomic E-state index is 11.7. The first kappa shape index (κ1) is 34.2. The molecule has 35 heavy (non-hydrogen) atoms. The van der Waals surface area contributed by atoms with Gasteiger partial charge in [-0.3, -0.25) is 4.79 Å². The van der Waals surface area contributed by atoms with Crippen molar-refractivity contribution in [1.29, 1.82) is 0 Å². The number of carbonyl (C=O) groups excluding carboxylic acids is 1. The third-order valence-corrected chi connectivity index (χ3v) is 6.48. The molecule has 6 nitrogen and oxygen atoms in total. The van der Waals surface area contributed by atoms with Gasteiger partial charge in [0.15, 0.2) is 5.78 Å². The Morgan fingerprint density at radius 1 is 0.886 bits per heavy atom. The summed E-state index contributed by atoms with van der Waals surface area (Å²) in [6.45, 7) is 15.9. The SMILES string of the molecule is CCC(=O)c1cc(OC(C)C)c(C)cc1I.CCC(O)c1cc(OC(C)C)c(C)cc1I.[O]=[Mn]=[O]. The number of hydrogen-bond donors (Lipinski definition) is 1. The Kier molecular flexibility index (Phi) is 17.3.